The Kier molecular flexibility index (Phi) is 7.14. The number of nitrogens with one attached hydrogen (secondary N) is 2. The molecule has 0 heterocycles. The molecule has 2 amide bonds. The maximum absolute atomic E-state index is 12.0. The summed E-state index contributed by atoms with van der Waals surface area (Å²) in [4.78, 5) is 25.4. The van der Waals surface area contributed by atoms with Gasteiger partial charge in [0, 0.05) is 5.54 Å². The van der Waals surface area contributed by atoms with E-state index in [4.69, 9.17) is 34.8 Å². The van der Waals surface area contributed by atoms with Gasteiger partial charge in [0.1, 0.15) is 0 Å². The van der Waals surface area contributed by atoms with Crippen molar-refractivity contribution < 1.29 is 9.59 Å². The second-order valence-electron chi connectivity index (χ2n) is 6.26. The van der Waals surface area contributed by atoms with E-state index in [2.05, 4.69) is 10.6 Å². The van der Waals surface area contributed by atoms with Crippen molar-refractivity contribution >= 4 is 52.3 Å². The molecule has 1 rings (SSSR count). The van der Waals surface area contributed by atoms with Gasteiger partial charge in [0.25, 0.3) is 0 Å². The molecule has 0 saturated carbocycles. The third-order valence-corrected chi connectivity index (χ3v) is 3.66. The Morgan fingerprint density at radius 3 is 2.09 bits per heavy atom. The lowest BCUT2D eigenvalue weighted by molar-refractivity contribution is -0.124. The van der Waals surface area contributed by atoms with Gasteiger partial charge in [-0.25, -0.2) is 0 Å². The number of carbonyl (C=O) groups excluding carboxylic acids is 2. The number of carbonyl (C=O) groups is 2. The lowest BCUT2D eigenvalue weighted by Crippen LogP contribution is -2.46. The van der Waals surface area contributed by atoms with Gasteiger partial charge in [0.2, 0.25) is 11.8 Å². The normalized spacial score (nSPS) is 11.5. The molecule has 2 N–H and O–H groups in total. The summed E-state index contributed by atoms with van der Waals surface area (Å²) >= 11 is 17.7. The standard InChI is InChI=1S/C15H20Cl3N3O2/c1-15(2,3)20-14(23)8-21(4)7-13(22)19-12-6-10(17)9(16)5-11(12)18/h5-6H,7-8H2,1-4H3,(H,19,22)(H,20,23). The molecule has 0 bridgehead atoms. The molecule has 0 aromatic heterocycles. The Morgan fingerprint density at radius 2 is 1.52 bits per heavy atom. The van der Waals surface area contributed by atoms with Gasteiger partial charge < -0.3 is 10.6 Å². The Labute approximate surface area is 151 Å². The zero-order valence-corrected chi connectivity index (χ0v) is 15.7. The van der Waals surface area contributed by atoms with Gasteiger partial charge in [-0.05, 0) is 40.0 Å². The van der Waals surface area contributed by atoms with E-state index < -0.39 is 0 Å². The summed E-state index contributed by atoms with van der Waals surface area (Å²) in [5, 5.41) is 6.37. The van der Waals surface area contributed by atoms with Gasteiger partial charge >= 0.3 is 0 Å². The molecule has 0 radical (unpaired) electrons. The molecular weight excluding hydrogens is 361 g/mol. The molecule has 0 aliphatic heterocycles. The molecule has 5 nitrogen and oxygen atoms in total. The lowest BCUT2D eigenvalue weighted by Gasteiger charge is -2.23. The molecule has 0 saturated heterocycles. The van der Waals surface area contributed by atoms with Crippen LogP contribution in [0.25, 0.3) is 0 Å². The highest BCUT2D eigenvalue weighted by molar-refractivity contribution is 6.44. The van der Waals surface area contributed by atoms with Crippen LogP contribution in [0.4, 0.5) is 5.69 Å². The van der Waals surface area contributed by atoms with Crippen LogP contribution >= 0.6 is 34.8 Å². The van der Waals surface area contributed by atoms with Gasteiger partial charge in [-0.1, -0.05) is 34.8 Å². The molecule has 0 aliphatic rings. The number of hydrogen-bond donors (Lipinski definition) is 2. The first-order chi connectivity index (χ1) is 10.5. The fraction of sp³-hybridized carbons (Fsp3) is 0.467. The zero-order valence-electron chi connectivity index (χ0n) is 13.5. The topological polar surface area (TPSA) is 61.4 Å². The van der Waals surface area contributed by atoms with Crippen LogP contribution < -0.4 is 10.6 Å². The van der Waals surface area contributed by atoms with Crippen LogP contribution in [0.15, 0.2) is 12.1 Å². The highest BCUT2D eigenvalue weighted by Crippen LogP contribution is 2.32. The molecule has 1 aromatic carbocycles. The lowest BCUT2D eigenvalue weighted by atomic mass is 10.1. The average Bonchev–Trinajstić information content (AvgIpc) is 2.32. The highest BCUT2D eigenvalue weighted by atomic mass is 35.5. The van der Waals surface area contributed by atoms with Gasteiger partial charge in [-0.2, -0.15) is 0 Å². The molecule has 1 aromatic rings. The first-order valence-electron chi connectivity index (χ1n) is 6.92. The van der Waals surface area contributed by atoms with Crippen LogP contribution in [0.2, 0.25) is 15.1 Å². The molecule has 0 fully saturated rings. The predicted molar refractivity (Wildman–Crippen MR) is 95.5 cm³/mol. The van der Waals surface area contributed by atoms with E-state index in [1.807, 2.05) is 20.8 Å². The first-order valence-corrected chi connectivity index (χ1v) is 8.05. The van der Waals surface area contributed by atoms with Crippen molar-refractivity contribution in [2.45, 2.75) is 26.3 Å². The van der Waals surface area contributed by atoms with Crippen molar-refractivity contribution in [1.29, 1.82) is 0 Å². The van der Waals surface area contributed by atoms with E-state index in [-0.39, 0.29) is 30.4 Å². The highest BCUT2D eigenvalue weighted by Gasteiger charge is 2.17. The van der Waals surface area contributed by atoms with Crippen LogP contribution in [0.5, 0.6) is 0 Å². The van der Waals surface area contributed by atoms with Crippen molar-refractivity contribution in [2.24, 2.45) is 0 Å². The minimum Gasteiger partial charge on any atom is -0.350 e. The summed E-state index contributed by atoms with van der Waals surface area (Å²) in [6.45, 7) is 5.82. The maximum Gasteiger partial charge on any atom is 0.238 e. The molecule has 0 aliphatic carbocycles. The largest absolute Gasteiger partial charge is 0.350 e. The Morgan fingerprint density at radius 1 is 1.00 bits per heavy atom. The fourth-order valence-electron chi connectivity index (χ4n) is 1.81. The second-order valence-corrected chi connectivity index (χ2v) is 7.49. The summed E-state index contributed by atoms with van der Waals surface area (Å²) in [6, 6.07) is 2.94. The van der Waals surface area contributed by atoms with E-state index in [0.29, 0.717) is 20.8 Å². The summed E-state index contributed by atoms with van der Waals surface area (Å²) in [7, 11) is 1.68. The van der Waals surface area contributed by atoms with E-state index in [0.717, 1.165) is 0 Å². The number of rotatable bonds is 5. The Balaban J connectivity index is 2.57. The van der Waals surface area contributed by atoms with Gasteiger partial charge in [0.05, 0.1) is 33.8 Å². The molecule has 8 heteroatoms. The summed E-state index contributed by atoms with van der Waals surface area (Å²) in [5.74, 6) is -0.461. The number of amides is 2. The third-order valence-electron chi connectivity index (χ3n) is 2.63. The van der Waals surface area contributed by atoms with E-state index in [9.17, 15) is 9.59 Å². The van der Waals surface area contributed by atoms with E-state index in [1.165, 1.54) is 12.1 Å². The van der Waals surface area contributed by atoms with Crippen LogP contribution in [0, 0.1) is 0 Å². The monoisotopic (exact) mass is 379 g/mol. The van der Waals surface area contributed by atoms with Crippen LogP contribution in [-0.4, -0.2) is 42.4 Å². The van der Waals surface area contributed by atoms with Crippen molar-refractivity contribution in [3.05, 3.63) is 27.2 Å². The first kappa shape index (κ1) is 20.0. The molecule has 0 spiro atoms. The van der Waals surface area contributed by atoms with Gasteiger partial charge in [-0.3, -0.25) is 14.5 Å². The number of hydrogen-bond acceptors (Lipinski definition) is 3. The van der Waals surface area contributed by atoms with Crippen LogP contribution in [0.3, 0.4) is 0 Å². The van der Waals surface area contributed by atoms with Gasteiger partial charge in [0.15, 0.2) is 0 Å². The minimum atomic E-state index is -0.312. The SMILES string of the molecule is CN(CC(=O)Nc1cc(Cl)c(Cl)cc1Cl)CC(=O)NC(C)(C)C. The number of benzene rings is 1. The summed E-state index contributed by atoms with van der Waals surface area (Å²) in [5.41, 5.74) is 0.0620. The number of nitrogens with zero attached hydrogens (tertiary/aromatic N) is 1. The van der Waals surface area contributed by atoms with E-state index >= 15 is 0 Å². The fourth-order valence-corrected chi connectivity index (χ4v) is 2.41. The number of anilines is 1. The molecule has 128 valence electrons. The molecule has 0 unspecified atom stereocenters. The van der Waals surface area contributed by atoms with Crippen LogP contribution in [0.1, 0.15) is 20.8 Å². The maximum atomic E-state index is 12.0. The molecular formula is C15H20Cl3N3O2. The Bertz CT molecular complexity index is 600. The quantitative estimate of drug-likeness (QED) is 0.769. The second kappa shape index (κ2) is 8.20. The minimum absolute atomic E-state index is 0.0359. The van der Waals surface area contributed by atoms with Crippen molar-refractivity contribution in [3.63, 3.8) is 0 Å². The summed E-state index contributed by atoms with van der Waals surface area (Å²) in [6.07, 6.45) is 0. The molecule has 23 heavy (non-hydrogen) atoms. The number of likely N-dealkylation sites (N-methyl/N-ethyl adjacent to an activating group) is 1. The molecule has 0 atom stereocenters. The van der Waals surface area contributed by atoms with Crippen molar-refractivity contribution in [1.82, 2.24) is 10.2 Å². The third kappa shape index (κ3) is 7.40. The number of halogens is 3. The van der Waals surface area contributed by atoms with E-state index in [1.54, 1.807) is 11.9 Å². The van der Waals surface area contributed by atoms with Crippen molar-refractivity contribution in [2.75, 3.05) is 25.5 Å². The van der Waals surface area contributed by atoms with Crippen molar-refractivity contribution in [3.8, 4) is 0 Å². The summed E-state index contributed by atoms with van der Waals surface area (Å²) < 4.78 is 0. The predicted octanol–water partition coefficient (Wildman–Crippen LogP) is 3.43. The van der Waals surface area contributed by atoms with Crippen LogP contribution in [-0.2, 0) is 9.59 Å². The Hall–Kier alpha value is -1.01. The average molecular weight is 381 g/mol. The van der Waals surface area contributed by atoms with Gasteiger partial charge in [-0.15, -0.1) is 0 Å². The zero-order chi connectivity index (χ0) is 17.8. The smallest absolute Gasteiger partial charge is 0.238 e.